The fourth-order valence-electron chi connectivity index (χ4n) is 2.69. The van der Waals surface area contributed by atoms with Gasteiger partial charge in [-0.1, -0.05) is 11.6 Å². The maximum atomic E-state index is 13.0. The molecule has 0 saturated carbocycles. The summed E-state index contributed by atoms with van der Waals surface area (Å²) in [5.41, 5.74) is -0.125. The largest absolute Gasteiger partial charge is 0.492 e. The molecule has 0 bridgehead atoms. The zero-order valence-corrected chi connectivity index (χ0v) is 16.7. The molecule has 0 atom stereocenters. The summed E-state index contributed by atoms with van der Waals surface area (Å²) < 4.78 is 49.9. The molecule has 0 aliphatic carbocycles. The molecule has 3 rings (SSSR count). The van der Waals surface area contributed by atoms with Gasteiger partial charge in [0.2, 0.25) is 5.91 Å². The van der Waals surface area contributed by atoms with Gasteiger partial charge in [-0.05, 0) is 49.4 Å². The van der Waals surface area contributed by atoms with Gasteiger partial charge in [-0.2, -0.15) is 13.2 Å². The highest BCUT2D eigenvalue weighted by Gasteiger charge is 2.31. The first-order chi connectivity index (χ1) is 14.3. The highest BCUT2D eigenvalue weighted by Crippen LogP contribution is 2.35. The number of aryl methyl sites for hydroxylation is 1. The first-order valence-electron chi connectivity index (χ1n) is 9.11. The molecule has 158 valence electrons. The number of nitrogens with one attached hydrogen (secondary N) is 1. The Hall–Kier alpha value is -3.00. The number of alkyl halides is 3. The van der Waals surface area contributed by atoms with Crippen molar-refractivity contribution in [1.29, 1.82) is 0 Å². The SMILES string of the molecule is CCOc1ccc(C(F)(F)F)cc1NC(=O)CCc1ncc(-c2ccc(Cl)cc2)o1. The molecule has 0 aliphatic heterocycles. The average Bonchev–Trinajstić information content (AvgIpc) is 3.17. The Bertz CT molecular complexity index is 1020. The Balaban J connectivity index is 1.65. The number of aromatic nitrogens is 1. The van der Waals surface area contributed by atoms with E-state index in [1.165, 1.54) is 12.3 Å². The summed E-state index contributed by atoms with van der Waals surface area (Å²) in [5.74, 6) is 0.546. The number of oxazole rings is 1. The van der Waals surface area contributed by atoms with Crippen LogP contribution in [-0.2, 0) is 17.4 Å². The second kappa shape index (κ2) is 9.21. The molecule has 1 N–H and O–H groups in total. The number of halogens is 4. The lowest BCUT2D eigenvalue weighted by Gasteiger charge is -2.14. The van der Waals surface area contributed by atoms with Gasteiger partial charge >= 0.3 is 6.18 Å². The van der Waals surface area contributed by atoms with Crippen molar-refractivity contribution in [2.45, 2.75) is 25.9 Å². The lowest BCUT2D eigenvalue weighted by atomic mass is 10.1. The van der Waals surface area contributed by atoms with Gasteiger partial charge in [0.25, 0.3) is 0 Å². The topological polar surface area (TPSA) is 64.4 Å². The maximum Gasteiger partial charge on any atom is 0.416 e. The third kappa shape index (κ3) is 5.54. The van der Waals surface area contributed by atoms with Crippen molar-refractivity contribution in [3.8, 4) is 17.1 Å². The van der Waals surface area contributed by atoms with E-state index in [9.17, 15) is 18.0 Å². The van der Waals surface area contributed by atoms with E-state index in [1.54, 1.807) is 31.2 Å². The number of anilines is 1. The number of hydrogen-bond donors (Lipinski definition) is 1. The third-order valence-electron chi connectivity index (χ3n) is 4.13. The van der Waals surface area contributed by atoms with Crippen molar-refractivity contribution in [2.75, 3.05) is 11.9 Å². The Morgan fingerprint density at radius 3 is 2.60 bits per heavy atom. The van der Waals surface area contributed by atoms with E-state index in [-0.39, 0.29) is 30.9 Å². The van der Waals surface area contributed by atoms with Crippen molar-refractivity contribution in [2.24, 2.45) is 0 Å². The summed E-state index contributed by atoms with van der Waals surface area (Å²) >= 11 is 5.86. The van der Waals surface area contributed by atoms with Crippen LogP contribution in [0.25, 0.3) is 11.3 Å². The van der Waals surface area contributed by atoms with Crippen LogP contribution in [0.15, 0.2) is 53.1 Å². The first kappa shape index (κ1) is 21.7. The Kier molecular flexibility index (Phi) is 6.66. The highest BCUT2D eigenvalue weighted by molar-refractivity contribution is 6.30. The summed E-state index contributed by atoms with van der Waals surface area (Å²) in [7, 11) is 0. The lowest BCUT2D eigenvalue weighted by molar-refractivity contribution is -0.137. The van der Waals surface area contributed by atoms with Crippen LogP contribution >= 0.6 is 11.6 Å². The molecule has 0 fully saturated rings. The Morgan fingerprint density at radius 2 is 1.93 bits per heavy atom. The van der Waals surface area contributed by atoms with Crippen LogP contribution in [0.4, 0.5) is 18.9 Å². The normalized spacial score (nSPS) is 11.4. The zero-order chi connectivity index (χ0) is 21.7. The molecule has 0 radical (unpaired) electrons. The van der Waals surface area contributed by atoms with E-state index >= 15 is 0 Å². The van der Waals surface area contributed by atoms with Crippen molar-refractivity contribution < 1.29 is 27.1 Å². The van der Waals surface area contributed by atoms with Gasteiger partial charge in [-0.15, -0.1) is 0 Å². The molecule has 2 aromatic carbocycles. The molecular weight excluding hydrogens is 421 g/mol. The van der Waals surface area contributed by atoms with Crippen molar-refractivity contribution in [3.63, 3.8) is 0 Å². The number of amides is 1. The number of hydrogen-bond acceptors (Lipinski definition) is 4. The van der Waals surface area contributed by atoms with Crippen LogP contribution in [0.2, 0.25) is 5.02 Å². The molecular formula is C21H18ClF3N2O3. The van der Waals surface area contributed by atoms with E-state index in [4.69, 9.17) is 20.8 Å². The van der Waals surface area contributed by atoms with Crippen LogP contribution in [0.1, 0.15) is 24.8 Å². The van der Waals surface area contributed by atoms with Crippen molar-refractivity contribution >= 4 is 23.2 Å². The molecule has 9 heteroatoms. The quantitative estimate of drug-likeness (QED) is 0.492. The Labute approximate surface area is 175 Å². The van der Waals surface area contributed by atoms with Gasteiger partial charge in [0.05, 0.1) is 24.1 Å². The second-order valence-corrected chi connectivity index (χ2v) is 6.75. The summed E-state index contributed by atoms with van der Waals surface area (Å²) in [5, 5.41) is 3.07. The summed E-state index contributed by atoms with van der Waals surface area (Å²) in [6.45, 7) is 1.95. The molecule has 3 aromatic rings. The van der Waals surface area contributed by atoms with Gasteiger partial charge in [-0.3, -0.25) is 4.79 Å². The van der Waals surface area contributed by atoms with E-state index in [1.807, 2.05) is 0 Å². The summed E-state index contributed by atoms with van der Waals surface area (Å²) in [4.78, 5) is 16.4. The van der Waals surface area contributed by atoms with Crippen LogP contribution in [0.5, 0.6) is 5.75 Å². The number of carbonyl (C=O) groups is 1. The molecule has 1 heterocycles. The van der Waals surface area contributed by atoms with Gasteiger partial charge in [0, 0.05) is 23.4 Å². The highest BCUT2D eigenvalue weighted by atomic mass is 35.5. The number of nitrogens with zero attached hydrogens (tertiary/aromatic N) is 1. The molecule has 0 unspecified atom stereocenters. The van der Waals surface area contributed by atoms with Crippen LogP contribution in [0.3, 0.4) is 0 Å². The standard InChI is InChI=1S/C21H18ClF3N2O3/c1-2-29-17-8-5-14(21(23,24)25)11-16(17)27-19(28)9-10-20-26-12-18(30-20)13-3-6-15(22)7-4-13/h3-8,11-12H,2,9-10H2,1H3,(H,27,28). The monoisotopic (exact) mass is 438 g/mol. The molecule has 0 saturated heterocycles. The summed E-state index contributed by atoms with van der Waals surface area (Å²) in [6, 6.07) is 9.95. The van der Waals surface area contributed by atoms with Crippen LogP contribution in [0, 0.1) is 0 Å². The number of carbonyl (C=O) groups excluding carboxylic acids is 1. The lowest BCUT2D eigenvalue weighted by Crippen LogP contribution is -2.15. The molecule has 5 nitrogen and oxygen atoms in total. The summed E-state index contributed by atoms with van der Waals surface area (Å²) in [6.07, 6.45) is -2.83. The molecule has 0 spiro atoms. The second-order valence-electron chi connectivity index (χ2n) is 6.32. The fraction of sp³-hybridized carbons (Fsp3) is 0.238. The van der Waals surface area contributed by atoms with Gasteiger partial charge < -0.3 is 14.5 Å². The van der Waals surface area contributed by atoms with E-state index in [0.29, 0.717) is 16.7 Å². The maximum absolute atomic E-state index is 13.0. The predicted molar refractivity (Wildman–Crippen MR) is 107 cm³/mol. The number of rotatable bonds is 7. The van der Waals surface area contributed by atoms with E-state index < -0.39 is 17.6 Å². The van der Waals surface area contributed by atoms with Gasteiger partial charge in [0.1, 0.15) is 5.75 Å². The molecule has 1 amide bonds. The van der Waals surface area contributed by atoms with Crippen molar-refractivity contribution in [1.82, 2.24) is 4.98 Å². The molecule has 30 heavy (non-hydrogen) atoms. The predicted octanol–water partition coefficient (Wildman–Crippen LogP) is 5.98. The molecule has 0 aliphatic rings. The Morgan fingerprint density at radius 1 is 1.20 bits per heavy atom. The number of ether oxygens (including phenoxy) is 1. The minimum absolute atomic E-state index is 0.0254. The van der Waals surface area contributed by atoms with Crippen molar-refractivity contribution in [3.05, 3.63) is 65.1 Å². The van der Waals surface area contributed by atoms with Gasteiger partial charge in [0.15, 0.2) is 11.7 Å². The first-order valence-corrected chi connectivity index (χ1v) is 9.48. The minimum Gasteiger partial charge on any atom is -0.492 e. The number of benzene rings is 2. The van der Waals surface area contributed by atoms with E-state index in [0.717, 1.165) is 17.7 Å². The zero-order valence-electron chi connectivity index (χ0n) is 15.9. The van der Waals surface area contributed by atoms with Crippen LogP contribution < -0.4 is 10.1 Å². The molecule has 1 aromatic heterocycles. The minimum atomic E-state index is -4.53. The van der Waals surface area contributed by atoms with Crippen LogP contribution in [-0.4, -0.2) is 17.5 Å². The van der Waals surface area contributed by atoms with Gasteiger partial charge in [-0.25, -0.2) is 4.98 Å². The van der Waals surface area contributed by atoms with E-state index in [2.05, 4.69) is 10.3 Å². The average molecular weight is 439 g/mol. The smallest absolute Gasteiger partial charge is 0.416 e. The third-order valence-corrected chi connectivity index (χ3v) is 4.38. The fourth-order valence-corrected chi connectivity index (χ4v) is 2.82.